The average molecular weight is 777 g/mol. The molecular formula is C54H44N6. The van der Waals surface area contributed by atoms with Gasteiger partial charge in [-0.1, -0.05) is 78.6 Å². The van der Waals surface area contributed by atoms with Crippen LogP contribution >= 0.6 is 0 Å². The lowest BCUT2D eigenvalue weighted by atomic mass is 10.00. The van der Waals surface area contributed by atoms with E-state index in [1.54, 1.807) is 0 Å². The summed E-state index contributed by atoms with van der Waals surface area (Å²) in [4.78, 5) is 14.6. The first-order valence-electron chi connectivity index (χ1n) is 21.0. The Morgan fingerprint density at radius 3 is 1.30 bits per heavy atom. The molecule has 0 bridgehead atoms. The number of nitrogens with zero attached hydrogens (tertiary/aromatic N) is 6. The van der Waals surface area contributed by atoms with Crippen LogP contribution in [-0.4, -0.2) is 29.4 Å². The van der Waals surface area contributed by atoms with Gasteiger partial charge in [-0.25, -0.2) is 0 Å². The normalized spacial score (nSPS) is 12.5. The molecule has 0 fully saturated rings. The maximum absolute atomic E-state index is 5.40. The number of aliphatic imine (C=N–C) groups is 1. The van der Waals surface area contributed by atoms with Gasteiger partial charge in [-0.2, -0.15) is 0 Å². The number of benzene rings is 6. The summed E-state index contributed by atoms with van der Waals surface area (Å²) < 4.78 is 7.39. The van der Waals surface area contributed by atoms with Crippen LogP contribution in [0.2, 0.25) is 0 Å². The number of fused-ring (bicyclic) bond motifs is 10. The molecule has 0 N–H and O–H groups in total. The predicted octanol–water partition coefficient (Wildman–Crippen LogP) is 13.7. The van der Waals surface area contributed by atoms with Gasteiger partial charge in [0, 0.05) is 69.1 Å². The molecule has 6 heterocycles. The van der Waals surface area contributed by atoms with E-state index in [9.17, 15) is 0 Å². The Labute approximate surface area is 348 Å². The summed E-state index contributed by atoms with van der Waals surface area (Å²) in [5.41, 5.74) is 19.4. The third kappa shape index (κ3) is 5.30. The topological polar surface area (TPSA) is 52.9 Å². The molecule has 290 valence electrons. The quantitative estimate of drug-likeness (QED) is 0.179. The van der Waals surface area contributed by atoms with Crippen molar-refractivity contribution in [2.75, 3.05) is 0 Å². The van der Waals surface area contributed by atoms with Gasteiger partial charge in [-0.05, 0) is 112 Å². The first-order valence-corrected chi connectivity index (χ1v) is 21.0. The van der Waals surface area contributed by atoms with Gasteiger partial charge >= 0.3 is 0 Å². The van der Waals surface area contributed by atoms with Crippen molar-refractivity contribution in [2.24, 2.45) is 4.99 Å². The molecule has 0 spiro atoms. The molecule has 6 aromatic carbocycles. The lowest BCUT2D eigenvalue weighted by Crippen LogP contribution is -2.12. The van der Waals surface area contributed by atoms with E-state index in [4.69, 9.17) is 4.99 Å². The van der Waals surface area contributed by atoms with Crippen LogP contribution in [0.15, 0.2) is 151 Å². The highest BCUT2D eigenvalue weighted by Crippen LogP contribution is 2.43. The van der Waals surface area contributed by atoms with E-state index in [1.807, 2.05) is 38.6 Å². The number of para-hydroxylation sites is 1. The number of hydrogen-bond acceptors (Lipinski definition) is 3. The fourth-order valence-corrected chi connectivity index (χ4v) is 9.62. The maximum Gasteiger partial charge on any atom is 0.0724 e. The molecule has 0 atom stereocenters. The summed E-state index contributed by atoms with van der Waals surface area (Å²) in [6, 6.07) is 45.2. The molecule has 1 aliphatic heterocycles. The highest BCUT2D eigenvalue weighted by Gasteiger charge is 2.27. The summed E-state index contributed by atoms with van der Waals surface area (Å²) in [6.07, 6.45) is 8.45. The van der Waals surface area contributed by atoms with E-state index in [2.05, 4.69) is 173 Å². The van der Waals surface area contributed by atoms with E-state index in [1.165, 1.54) is 71.4 Å². The zero-order valence-corrected chi connectivity index (χ0v) is 34.7. The molecule has 0 aliphatic carbocycles. The van der Waals surface area contributed by atoms with Crippen LogP contribution in [-0.2, 0) is 6.42 Å². The number of pyridine rings is 2. The van der Waals surface area contributed by atoms with Crippen LogP contribution in [0.1, 0.15) is 47.2 Å². The van der Waals surface area contributed by atoms with Gasteiger partial charge in [0.1, 0.15) is 0 Å². The Balaban J connectivity index is 0.00000201. The molecule has 60 heavy (non-hydrogen) atoms. The monoisotopic (exact) mass is 776 g/mol. The van der Waals surface area contributed by atoms with E-state index >= 15 is 0 Å². The van der Waals surface area contributed by atoms with Crippen LogP contribution in [0.25, 0.3) is 82.5 Å². The first kappa shape index (κ1) is 35.8. The van der Waals surface area contributed by atoms with Crippen LogP contribution in [0.5, 0.6) is 0 Å². The Kier molecular flexibility index (Phi) is 8.14. The molecule has 0 amide bonds. The number of aryl methyl sites for hydroxylation is 4. The molecule has 6 heteroatoms. The molecule has 0 unspecified atom stereocenters. The van der Waals surface area contributed by atoms with E-state index < -0.39 is 0 Å². The van der Waals surface area contributed by atoms with Gasteiger partial charge in [-0.3, -0.25) is 15.0 Å². The lowest BCUT2D eigenvalue weighted by Gasteiger charge is -2.22. The van der Waals surface area contributed by atoms with Gasteiger partial charge < -0.3 is 13.7 Å². The summed E-state index contributed by atoms with van der Waals surface area (Å²) in [5.74, 6) is 0. The number of aromatic nitrogens is 5. The molecule has 0 saturated heterocycles. The molecular weight excluding hydrogens is 733 g/mol. The van der Waals surface area contributed by atoms with Gasteiger partial charge in [-0.15, -0.1) is 0 Å². The van der Waals surface area contributed by atoms with Crippen molar-refractivity contribution in [1.82, 2.24) is 23.7 Å². The van der Waals surface area contributed by atoms with Gasteiger partial charge in [0.05, 0.1) is 61.6 Å². The molecule has 0 radical (unpaired) electrons. The van der Waals surface area contributed by atoms with Crippen LogP contribution in [0, 0.1) is 27.7 Å². The van der Waals surface area contributed by atoms with E-state index in [-0.39, 0.29) is 0 Å². The lowest BCUT2D eigenvalue weighted by molar-refractivity contribution is 1.07. The second-order valence-corrected chi connectivity index (χ2v) is 16.1. The van der Waals surface area contributed by atoms with Gasteiger partial charge in [0.2, 0.25) is 0 Å². The minimum absolute atomic E-state index is 0.738. The van der Waals surface area contributed by atoms with Gasteiger partial charge in [0.25, 0.3) is 0 Å². The van der Waals surface area contributed by atoms with Crippen molar-refractivity contribution in [3.63, 3.8) is 0 Å². The highest BCUT2D eigenvalue weighted by molar-refractivity contribution is 6.16. The summed E-state index contributed by atoms with van der Waals surface area (Å²) in [6.45, 7) is 12.7. The molecule has 5 aromatic heterocycles. The number of rotatable bonds is 4. The molecule has 1 aliphatic rings. The summed E-state index contributed by atoms with van der Waals surface area (Å²) in [7, 11) is 0. The third-order valence-corrected chi connectivity index (χ3v) is 12.3. The zero-order valence-electron chi connectivity index (χ0n) is 34.7. The zero-order chi connectivity index (χ0) is 40.8. The predicted molar refractivity (Wildman–Crippen MR) is 252 cm³/mol. The Hall–Kier alpha value is -7.31. The van der Waals surface area contributed by atoms with Crippen molar-refractivity contribution in [2.45, 2.75) is 48.0 Å². The highest BCUT2D eigenvalue weighted by atomic mass is 15.1. The largest absolute Gasteiger partial charge is 0.308 e. The molecule has 12 rings (SSSR count). The van der Waals surface area contributed by atoms with Crippen LogP contribution < -0.4 is 0 Å². The Morgan fingerprint density at radius 2 is 0.833 bits per heavy atom. The summed E-state index contributed by atoms with van der Waals surface area (Å²) in [5, 5.41) is 7.11. The van der Waals surface area contributed by atoms with E-state index in [0.29, 0.717) is 0 Å². The van der Waals surface area contributed by atoms with Crippen molar-refractivity contribution in [3.8, 4) is 17.1 Å². The fraction of sp³-hybridized carbons (Fsp3) is 0.130. The molecule has 11 aromatic rings. The smallest absolute Gasteiger partial charge is 0.0724 e. The molecule has 6 nitrogen and oxygen atoms in total. The van der Waals surface area contributed by atoms with Crippen molar-refractivity contribution in [1.29, 1.82) is 0 Å². The van der Waals surface area contributed by atoms with Crippen molar-refractivity contribution < 1.29 is 0 Å². The first-order chi connectivity index (χ1) is 29.4. The van der Waals surface area contributed by atoms with Crippen molar-refractivity contribution in [3.05, 3.63) is 179 Å². The maximum atomic E-state index is 5.40. The minimum atomic E-state index is 0.738. The standard InChI is InChI=1S/C52H38N6.C2H6/c1-30-9-13-44-35(21-30)36-22-31(2)10-14-45(36)57(44)51-26-39(43-25-34-7-5-6-8-42(34)55-43)50(56-48-17-19-53-28-40(48)41-29-54-20-18-49(41)56)27-52(51)58-46-15-11-32(3)23-37(46)38-24-33(4)12-16-47(38)58;1-2/h5-24,26-29H,25H2,1-4H3;1-2H3. The van der Waals surface area contributed by atoms with Crippen LogP contribution in [0.3, 0.4) is 0 Å². The molecule has 0 saturated carbocycles. The third-order valence-electron chi connectivity index (χ3n) is 12.3. The van der Waals surface area contributed by atoms with E-state index in [0.717, 1.165) is 62.3 Å². The van der Waals surface area contributed by atoms with Crippen molar-refractivity contribution >= 4 is 76.8 Å². The Bertz CT molecular complexity index is 3420. The average Bonchev–Trinajstić information content (AvgIpc) is 4.02. The Morgan fingerprint density at radius 1 is 0.417 bits per heavy atom. The number of hydrogen-bond donors (Lipinski definition) is 0. The minimum Gasteiger partial charge on any atom is -0.308 e. The van der Waals surface area contributed by atoms with Crippen LogP contribution in [0.4, 0.5) is 5.69 Å². The fourth-order valence-electron chi connectivity index (χ4n) is 9.62. The SMILES string of the molecule is CC.Cc1ccc2c(c1)c1cc(C)ccc1n2-c1cc(C2=Nc3ccccc3C2)c(-n2c3ccncc3c3cnccc32)cc1-n1c2ccc(C)cc2c2cc(C)ccc21. The second-order valence-electron chi connectivity index (χ2n) is 16.1. The summed E-state index contributed by atoms with van der Waals surface area (Å²) >= 11 is 0. The second kappa shape index (κ2) is 13.6. The van der Waals surface area contributed by atoms with Gasteiger partial charge in [0.15, 0.2) is 0 Å².